The Hall–Kier alpha value is -1.55. The van der Waals surface area contributed by atoms with Crippen molar-refractivity contribution in [1.29, 1.82) is 0 Å². The molecule has 1 unspecified atom stereocenters. The van der Waals surface area contributed by atoms with Gasteiger partial charge in [0.2, 0.25) is 0 Å². The fourth-order valence-corrected chi connectivity index (χ4v) is 2.42. The molecule has 4 nitrogen and oxygen atoms in total. The van der Waals surface area contributed by atoms with Crippen molar-refractivity contribution in [2.75, 3.05) is 0 Å². The van der Waals surface area contributed by atoms with Crippen molar-refractivity contribution in [3.05, 3.63) is 33.8 Å². The zero-order chi connectivity index (χ0) is 16.0. The van der Waals surface area contributed by atoms with E-state index in [0.717, 1.165) is 12.8 Å². The number of aromatic carboxylic acids is 1. The quantitative estimate of drug-likeness (QED) is 0.761. The van der Waals surface area contributed by atoms with Crippen LogP contribution in [-0.2, 0) is 11.2 Å². The molecule has 1 aromatic rings. The predicted molar refractivity (Wildman–Crippen MR) is 82.2 cm³/mol. The number of carboxylic acid groups (broad SMARTS) is 1. The van der Waals surface area contributed by atoms with Gasteiger partial charge in [0.05, 0.1) is 11.1 Å². The Morgan fingerprint density at radius 2 is 1.90 bits per heavy atom. The topological polar surface area (TPSA) is 63.6 Å². The summed E-state index contributed by atoms with van der Waals surface area (Å²) in [5.74, 6) is -1.78. The molecule has 21 heavy (non-hydrogen) atoms. The maximum Gasteiger partial charge on any atom is 0.339 e. The van der Waals surface area contributed by atoms with Gasteiger partial charge >= 0.3 is 11.9 Å². The molecule has 0 heterocycles. The third kappa shape index (κ3) is 4.46. The summed E-state index contributed by atoms with van der Waals surface area (Å²) in [6.07, 6.45) is 2.75. The van der Waals surface area contributed by atoms with Crippen LogP contribution >= 0.6 is 11.6 Å². The molecule has 0 aliphatic heterocycles. The number of hydrogen-bond donors (Lipinski definition) is 1. The van der Waals surface area contributed by atoms with Gasteiger partial charge in [0, 0.05) is 5.02 Å². The average Bonchev–Trinajstić information content (AvgIpc) is 2.45. The van der Waals surface area contributed by atoms with Gasteiger partial charge in [-0.15, -0.1) is 0 Å². The first-order valence-corrected chi connectivity index (χ1v) is 7.58. The van der Waals surface area contributed by atoms with Crippen LogP contribution in [0.5, 0.6) is 0 Å². The lowest BCUT2D eigenvalue weighted by molar-refractivity contribution is 0.0266. The van der Waals surface area contributed by atoms with Crippen molar-refractivity contribution in [1.82, 2.24) is 0 Å². The first kappa shape index (κ1) is 17.5. The molecule has 0 saturated heterocycles. The summed E-state index contributed by atoms with van der Waals surface area (Å²) in [5.41, 5.74) is 0.651. The summed E-state index contributed by atoms with van der Waals surface area (Å²) in [4.78, 5) is 23.6. The number of hydrogen-bond acceptors (Lipinski definition) is 3. The Kier molecular flexibility index (Phi) is 6.69. The van der Waals surface area contributed by atoms with Gasteiger partial charge in [0.25, 0.3) is 0 Å². The van der Waals surface area contributed by atoms with E-state index in [1.165, 1.54) is 12.1 Å². The molecule has 0 aliphatic rings. The van der Waals surface area contributed by atoms with Crippen molar-refractivity contribution in [3.8, 4) is 0 Å². The van der Waals surface area contributed by atoms with Crippen molar-refractivity contribution in [3.63, 3.8) is 0 Å². The van der Waals surface area contributed by atoms with Crippen molar-refractivity contribution < 1.29 is 19.4 Å². The van der Waals surface area contributed by atoms with Crippen LogP contribution in [0, 0.1) is 0 Å². The molecule has 1 aromatic carbocycles. The number of halogens is 1. The van der Waals surface area contributed by atoms with Crippen molar-refractivity contribution in [2.45, 2.75) is 52.6 Å². The van der Waals surface area contributed by atoms with Crippen LogP contribution in [-0.4, -0.2) is 23.1 Å². The average molecular weight is 313 g/mol. The third-order valence-electron chi connectivity index (χ3n) is 3.36. The zero-order valence-corrected chi connectivity index (χ0v) is 13.4. The van der Waals surface area contributed by atoms with E-state index in [2.05, 4.69) is 0 Å². The SMILES string of the molecule is CCCC(CC)OC(=O)c1cc(Cl)c(CC)cc1C(=O)O. The number of carboxylic acids is 1. The fraction of sp³-hybridized carbons (Fsp3) is 0.500. The minimum atomic E-state index is -1.16. The number of carbonyl (C=O) groups is 2. The van der Waals surface area contributed by atoms with Gasteiger partial charge < -0.3 is 9.84 Å². The Bertz CT molecular complexity index is 525. The largest absolute Gasteiger partial charge is 0.478 e. The van der Waals surface area contributed by atoms with Gasteiger partial charge in [-0.1, -0.05) is 38.8 Å². The van der Waals surface area contributed by atoms with Gasteiger partial charge in [0.1, 0.15) is 6.10 Å². The van der Waals surface area contributed by atoms with Crippen LogP contribution in [0.3, 0.4) is 0 Å². The number of ether oxygens (including phenoxy) is 1. The molecule has 1 N–H and O–H groups in total. The van der Waals surface area contributed by atoms with E-state index in [0.29, 0.717) is 23.4 Å². The minimum Gasteiger partial charge on any atom is -0.478 e. The van der Waals surface area contributed by atoms with E-state index in [1.54, 1.807) is 0 Å². The highest BCUT2D eigenvalue weighted by Crippen LogP contribution is 2.24. The van der Waals surface area contributed by atoms with Crippen LogP contribution in [0.25, 0.3) is 0 Å². The van der Waals surface area contributed by atoms with Gasteiger partial charge in [-0.2, -0.15) is 0 Å². The van der Waals surface area contributed by atoms with Gasteiger partial charge in [0.15, 0.2) is 0 Å². The summed E-state index contributed by atoms with van der Waals surface area (Å²) in [7, 11) is 0. The molecule has 0 aliphatic carbocycles. The number of benzene rings is 1. The fourth-order valence-electron chi connectivity index (χ4n) is 2.12. The maximum atomic E-state index is 12.2. The molecular weight excluding hydrogens is 292 g/mol. The Morgan fingerprint density at radius 1 is 1.24 bits per heavy atom. The lowest BCUT2D eigenvalue weighted by atomic mass is 10.0. The summed E-state index contributed by atoms with van der Waals surface area (Å²) in [6, 6.07) is 2.84. The molecule has 0 aromatic heterocycles. The molecule has 0 saturated carbocycles. The second-order valence-corrected chi connectivity index (χ2v) is 5.28. The molecular formula is C16H21ClO4. The smallest absolute Gasteiger partial charge is 0.339 e. The first-order valence-electron chi connectivity index (χ1n) is 7.21. The summed E-state index contributed by atoms with van der Waals surface area (Å²) in [6.45, 7) is 5.81. The highest BCUT2D eigenvalue weighted by Gasteiger charge is 2.22. The highest BCUT2D eigenvalue weighted by molar-refractivity contribution is 6.32. The third-order valence-corrected chi connectivity index (χ3v) is 3.71. The first-order chi connectivity index (χ1) is 9.94. The summed E-state index contributed by atoms with van der Waals surface area (Å²) < 4.78 is 5.38. The second kappa shape index (κ2) is 8.03. The number of aryl methyl sites for hydroxylation is 1. The summed E-state index contributed by atoms with van der Waals surface area (Å²) >= 11 is 6.08. The molecule has 5 heteroatoms. The van der Waals surface area contributed by atoms with Crippen LogP contribution in [0.4, 0.5) is 0 Å². The molecule has 1 atom stereocenters. The Balaban J connectivity index is 3.13. The second-order valence-electron chi connectivity index (χ2n) is 4.87. The number of rotatable bonds is 7. The van der Waals surface area contributed by atoms with Gasteiger partial charge in [-0.25, -0.2) is 9.59 Å². The van der Waals surface area contributed by atoms with E-state index in [-0.39, 0.29) is 17.2 Å². The van der Waals surface area contributed by atoms with Gasteiger partial charge in [-0.05, 0) is 37.0 Å². The molecule has 116 valence electrons. The van der Waals surface area contributed by atoms with Crippen LogP contribution in [0.2, 0.25) is 5.02 Å². The van der Waals surface area contributed by atoms with E-state index < -0.39 is 11.9 Å². The normalized spacial score (nSPS) is 12.0. The maximum absolute atomic E-state index is 12.2. The molecule has 0 fully saturated rings. The minimum absolute atomic E-state index is 0.0132. The standard InChI is InChI=1S/C16H21ClO4/c1-4-7-11(6-3)21-16(20)13-9-14(17)10(5-2)8-12(13)15(18)19/h8-9,11H,4-7H2,1-3H3,(H,18,19). The van der Waals surface area contributed by atoms with E-state index in [1.807, 2.05) is 20.8 Å². The monoisotopic (exact) mass is 312 g/mol. The Morgan fingerprint density at radius 3 is 2.38 bits per heavy atom. The van der Waals surface area contributed by atoms with E-state index in [9.17, 15) is 14.7 Å². The summed E-state index contributed by atoms with van der Waals surface area (Å²) in [5, 5.41) is 9.66. The van der Waals surface area contributed by atoms with Crippen LogP contribution in [0.1, 0.15) is 66.3 Å². The molecule has 0 spiro atoms. The molecule has 1 rings (SSSR count). The predicted octanol–water partition coefficient (Wildman–Crippen LogP) is 4.34. The van der Waals surface area contributed by atoms with E-state index in [4.69, 9.17) is 16.3 Å². The highest BCUT2D eigenvalue weighted by atomic mass is 35.5. The number of carbonyl (C=O) groups excluding carboxylic acids is 1. The molecule has 0 amide bonds. The van der Waals surface area contributed by atoms with Crippen LogP contribution < -0.4 is 0 Å². The zero-order valence-electron chi connectivity index (χ0n) is 12.6. The van der Waals surface area contributed by atoms with Crippen molar-refractivity contribution in [2.24, 2.45) is 0 Å². The number of esters is 1. The lowest BCUT2D eigenvalue weighted by Gasteiger charge is -2.16. The molecule has 0 radical (unpaired) electrons. The van der Waals surface area contributed by atoms with Crippen LogP contribution in [0.15, 0.2) is 12.1 Å². The van der Waals surface area contributed by atoms with Crippen molar-refractivity contribution >= 4 is 23.5 Å². The Labute approximate surface area is 130 Å². The van der Waals surface area contributed by atoms with E-state index >= 15 is 0 Å². The lowest BCUT2D eigenvalue weighted by Crippen LogP contribution is -2.20. The molecule has 0 bridgehead atoms. The van der Waals surface area contributed by atoms with Gasteiger partial charge in [-0.3, -0.25) is 0 Å².